The van der Waals surface area contributed by atoms with E-state index in [4.69, 9.17) is 5.11 Å². The fourth-order valence-corrected chi connectivity index (χ4v) is 13.5. The molecule has 11 atom stereocenters. The van der Waals surface area contributed by atoms with Gasteiger partial charge in [0.15, 0.2) is 0 Å². The largest absolute Gasteiger partial charge is 0.481 e. The fourth-order valence-electron chi connectivity index (χ4n) is 13.5. The topological polar surface area (TPSA) is 116 Å². The van der Waals surface area contributed by atoms with Crippen LogP contribution < -0.4 is 10.6 Å². The Morgan fingerprint density at radius 3 is 2.15 bits per heavy atom. The molecule has 5 aliphatic carbocycles. The van der Waals surface area contributed by atoms with Crippen molar-refractivity contribution in [3.05, 3.63) is 12.2 Å². The minimum absolute atomic E-state index is 0.0762. The first-order valence-corrected chi connectivity index (χ1v) is 20.3. The normalized spacial score (nSPS) is 40.0. The van der Waals surface area contributed by atoms with Crippen molar-refractivity contribution in [2.24, 2.45) is 56.7 Å². The summed E-state index contributed by atoms with van der Waals surface area (Å²) in [6.07, 6.45) is 7.77. The zero-order chi connectivity index (χ0) is 38.5. The van der Waals surface area contributed by atoms with Gasteiger partial charge < -0.3 is 20.8 Å². The third-order valence-corrected chi connectivity index (χ3v) is 16.5. The molecule has 0 aromatic carbocycles. The Balaban J connectivity index is 1.17. The Hall–Kier alpha value is -2.10. The number of hydrogen-bond donors (Lipinski definition) is 4. The number of fused-ring (bicyclic) bond motifs is 7. The molecule has 0 saturated heterocycles. The smallest absolute Gasteiger partial charge is 0.409 e. The van der Waals surface area contributed by atoms with Crippen molar-refractivity contribution in [2.45, 2.75) is 169 Å². The van der Waals surface area contributed by atoms with Crippen LogP contribution in [-0.4, -0.2) is 52.9 Å². The molecule has 4 N–H and O–H groups in total. The van der Waals surface area contributed by atoms with Crippen molar-refractivity contribution < 1.29 is 37.8 Å². The summed E-state index contributed by atoms with van der Waals surface area (Å²) < 4.78 is 39.1. The number of unbranched alkanes of at least 4 members (excludes halogenated alkanes) is 4. The van der Waals surface area contributed by atoms with Crippen LogP contribution in [0.1, 0.15) is 151 Å². The molecule has 0 aromatic rings. The molecule has 0 aliphatic heterocycles. The molecule has 5 rings (SSSR count). The van der Waals surface area contributed by atoms with E-state index in [2.05, 4.69) is 53.4 Å². The maximum absolute atomic E-state index is 14.4. The Morgan fingerprint density at radius 1 is 0.827 bits per heavy atom. The van der Waals surface area contributed by atoms with Crippen molar-refractivity contribution >= 4 is 17.8 Å². The van der Waals surface area contributed by atoms with Crippen molar-refractivity contribution in [1.82, 2.24) is 10.6 Å². The molecule has 0 radical (unpaired) electrons. The van der Waals surface area contributed by atoms with E-state index in [0.717, 1.165) is 70.6 Å². The molecule has 10 heteroatoms. The predicted octanol–water partition coefficient (Wildman–Crippen LogP) is 8.98. The maximum Gasteiger partial charge on any atom is 0.409 e. The summed E-state index contributed by atoms with van der Waals surface area (Å²) in [7, 11) is 0. The minimum Gasteiger partial charge on any atom is -0.481 e. The Morgan fingerprint density at radius 2 is 1.50 bits per heavy atom. The number of halogens is 3. The maximum atomic E-state index is 14.4. The Kier molecular flexibility index (Phi) is 11.7. The molecule has 0 spiro atoms. The summed E-state index contributed by atoms with van der Waals surface area (Å²) in [5, 5.41) is 25.0. The highest BCUT2D eigenvalue weighted by molar-refractivity contribution is 5.84. The van der Waals surface area contributed by atoms with Crippen LogP contribution >= 0.6 is 0 Å². The predicted molar refractivity (Wildman–Crippen MR) is 196 cm³/mol. The highest BCUT2D eigenvalue weighted by Crippen LogP contribution is 2.77. The van der Waals surface area contributed by atoms with Gasteiger partial charge >= 0.3 is 12.1 Å². The monoisotopic (exact) mass is 737 g/mol. The van der Waals surface area contributed by atoms with E-state index in [1.165, 1.54) is 18.4 Å². The van der Waals surface area contributed by atoms with Gasteiger partial charge in [0.2, 0.25) is 11.8 Å². The molecular formula is C42H67F3N2O5. The number of rotatable bonds is 13. The van der Waals surface area contributed by atoms with Crippen LogP contribution in [0.2, 0.25) is 0 Å². The van der Waals surface area contributed by atoms with Gasteiger partial charge in [-0.2, -0.15) is 13.2 Å². The lowest BCUT2D eigenvalue weighted by Crippen LogP contribution is -2.67. The van der Waals surface area contributed by atoms with Gasteiger partial charge in [-0.05, 0) is 135 Å². The second-order valence-corrected chi connectivity index (χ2v) is 19.3. The van der Waals surface area contributed by atoms with E-state index in [1.54, 1.807) is 0 Å². The van der Waals surface area contributed by atoms with Crippen molar-refractivity contribution in [1.29, 1.82) is 0 Å². The number of allylic oxidation sites excluding steroid dienone is 1. The van der Waals surface area contributed by atoms with Crippen LogP contribution in [0.4, 0.5) is 13.2 Å². The fraction of sp³-hybridized carbons (Fsp3) is 0.881. The molecular weight excluding hydrogens is 669 g/mol. The number of alkyl halides is 3. The van der Waals surface area contributed by atoms with Gasteiger partial charge in [-0.3, -0.25) is 14.4 Å². The average Bonchev–Trinajstić information content (AvgIpc) is 3.45. The summed E-state index contributed by atoms with van der Waals surface area (Å²) in [6.45, 7) is 19.5. The van der Waals surface area contributed by atoms with E-state index >= 15 is 0 Å². The third kappa shape index (κ3) is 7.09. The van der Waals surface area contributed by atoms with Crippen LogP contribution in [0.5, 0.6) is 0 Å². The van der Waals surface area contributed by atoms with Gasteiger partial charge in [-0.15, -0.1) is 0 Å². The molecule has 2 unspecified atom stereocenters. The van der Waals surface area contributed by atoms with Gasteiger partial charge in [0, 0.05) is 13.0 Å². The second kappa shape index (κ2) is 14.9. The third-order valence-electron chi connectivity index (χ3n) is 16.5. The Bertz CT molecular complexity index is 1370. The highest BCUT2D eigenvalue weighted by Gasteiger charge is 2.71. The molecule has 7 nitrogen and oxygen atoms in total. The number of carbonyl (C=O) groups excluding carboxylic acids is 2. The SMILES string of the molecule is C=C(C)[C@@H]1CC[C@]2(C(=O)NCCCCCCCC(=O)NC(CC(=O)O)C(F)(F)F)CC[C@]3(C)[C@H](CCC4[C@@]5(C)CC[C@H](O)C(C)(C)[C@@H]5CC[C@]43C)[C@@H]12. The van der Waals surface area contributed by atoms with Crippen LogP contribution in [0.15, 0.2) is 12.2 Å². The van der Waals surface area contributed by atoms with Gasteiger partial charge in [-0.25, -0.2) is 0 Å². The zero-order valence-electron chi connectivity index (χ0n) is 32.7. The number of amides is 2. The first kappa shape index (κ1) is 41.1. The van der Waals surface area contributed by atoms with Crippen molar-refractivity contribution in [3.63, 3.8) is 0 Å². The van der Waals surface area contributed by atoms with Gasteiger partial charge in [0.05, 0.1) is 17.9 Å². The lowest BCUT2D eigenvalue weighted by atomic mass is 9.32. The number of carboxylic acid groups (broad SMARTS) is 1. The lowest BCUT2D eigenvalue weighted by molar-refractivity contribution is -0.246. The molecule has 0 heterocycles. The average molecular weight is 737 g/mol. The van der Waals surface area contributed by atoms with Crippen LogP contribution in [0, 0.1) is 56.7 Å². The van der Waals surface area contributed by atoms with Gasteiger partial charge in [-0.1, -0.05) is 66.0 Å². The number of nitrogens with one attached hydrogen (secondary N) is 2. The first-order chi connectivity index (χ1) is 24.1. The lowest BCUT2D eigenvalue weighted by Gasteiger charge is -2.72. The number of carbonyl (C=O) groups is 3. The summed E-state index contributed by atoms with van der Waals surface area (Å²) in [4.78, 5) is 37.2. The summed E-state index contributed by atoms with van der Waals surface area (Å²) in [5.41, 5.74) is 1.29. The number of hydrogen-bond acceptors (Lipinski definition) is 4. The molecule has 5 saturated carbocycles. The molecule has 5 fully saturated rings. The van der Waals surface area contributed by atoms with Crippen molar-refractivity contribution in [2.75, 3.05) is 6.54 Å². The Labute approximate surface area is 310 Å². The number of aliphatic hydroxyl groups excluding tert-OH is 1. The molecule has 296 valence electrons. The van der Waals surface area contributed by atoms with E-state index in [1.807, 2.05) is 5.32 Å². The highest BCUT2D eigenvalue weighted by atomic mass is 19.4. The zero-order valence-corrected chi connectivity index (χ0v) is 32.7. The molecule has 52 heavy (non-hydrogen) atoms. The van der Waals surface area contributed by atoms with Crippen LogP contribution in [0.25, 0.3) is 0 Å². The minimum atomic E-state index is -4.81. The van der Waals surface area contributed by atoms with Gasteiger partial charge in [0.25, 0.3) is 0 Å². The van der Waals surface area contributed by atoms with Crippen LogP contribution in [-0.2, 0) is 14.4 Å². The number of carboxylic acids is 1. The van der Waals surface area contributed by atoms with Crippen molar-refractivity contribution in [3.8, 4) is 0 Å². The van der Waals surface area contributed by atoms with E-state index in [0.29, 0.717) is 43.1 Å². The van der Waals surface area contributed by atoms with Crippen LogP contribution in [0.3, 0.4) is 0 Å². The first-order valence-electron chi connectivity index (χ1n) is 20.3. The number of aliphatic hydroxyl groups is 1. The summed E-state index contributed by atoms with van der Waals surface area (Å²) in [6, 6.07) is -2.38. The van der Waals surface area contributed by atoms with Gasteiger partial charge in [0.1, 0.15) is 6.04 Å². The molecule has 2 amide bonds. The van der Waals surface area contributed by atoms with E-state index in [-0.39, 0.29) is 51.4 Å². The molecule has 0 bridgehead atoms. The summed E-state index contributed by atoms with van der Waals surface area (Å²) >= 11 is 0. The second-order valence-electron chi connectivity index (χ2n) is 19.3. The van der Waals surface area contributed by atoms with E-state index in [9.17, 15) is 32.7 Å². The number of aliphatic carboxylic acids is 1. The van der Waals surface area contributed by atoms with E-state index < -0.39 is 30.5 Å². The standard InChI is InChI=1S/C42H67F3N2O5/c1-26(2)27-16-21-41(36(52)46-24-12-10-8-9-11-13-33(49)47-31(25-34(50)51)42(43,44)45)23-22-39(6)28(35(27)41)14-15-30-38(5)19-18-32(48)37(3,4)29(38)17-20-40(30,39)7/h27-32,35,48H,1,8-25H2,2-7H3,(H,46,52)(H,47,49)(H,50,51)/t27-,28+,29-,30?,31?,32-,35+,38-,39+,40+,41-/m0/s1. The summed E-state index contributed by atoms with van der Waals surface area (Å²) in [5.74, 6) is 0.0233. The quantitative estimate of drug-likeness (QED) is 0.111. The molecule has 5 aliphatic rings. The molecule has 0 aromatic heterocycles.